The molecule has 2 rings (SSSR count). The van der Waals surface area contributed by atoms with Gasteiger partial charge >= 0.3 is 0 Å². The summed E-state index contributed by atoms with van der Waals surface area (Å²) in [7, 11) is 0. The maximum atomic E-state index is 12.4. The Hall–Kier alpha value is -2.14. The Bertz CT molecular complexity index is 759. The summed E-state index contributed by atoms with van der Waals surface area (Å²) < 4.78 is 0.959. The molecule has 0 saturated heterocycles. The van der Waals surface area contributed by atoms with Crippen molar-refractivity contribution in [3.05, 3.63) is 58.1 Å². The third-order valence-corrected chi connectivity index (χ3v) is 4.30. The lowest BCUT2D eigenvalue weighted by atomic mass is 10.1. The highest BCUT2D eigenvalue weighted by Crippen LogP contribution is 2.22. The van der Waals surface area contributed by atoms with Crippen molar-refractivity contribution < 1.29 is 9.59 Å². The minimum absolute atomic E-state index is 0.0121. The van der Waals surface area contributed by atoms with E-state index in [2.05, 4.69) is 21.2 Å². The summed E-state index contributed by atoms with van der Waals surface area (Å²) in [5.74, 6) is -0.375. The normalized spacial score (nSPS) is 10.3. The number of hydrogen-bond donors (Lipinski definition) is 1. The number of hydrogen-bond acceptors (Lipinski definition) is 2. The molecule has 2 amide bonds. The predicted molar refractivity (Wildman–Crippen MR) is 101 cm³/mol. The van der Waals surface area contributed by atoms with Gasteiger partial charge in [0.25, 0.3) is 0 Å². The highest BCUT2D eigenvalue weighted by molar-refractivity contribution is 9.10. The van der Waals surface area contributed by atoms with Crippen LogP contribution in [-0.4, -0.2) is 18.4 Å². The number of nitrogens with one attached hydrogen (secondary N) is 1. The molecular weight excluding hydrogens is 368 g/mol. The molecule has 0 aliphatic rings. The summed E-state index contributed by atoms with van der Waals surface area (Å²) in [6.45, 7) is 5.42. The first-order valence-electron chi connectivity index (χ1n) is 7.84. The van der Waals surface area contributed by atoms with Crippen LogP contribution in [0.1, 0.15) is 25.0 Å². The van der Waals surface area contributed by atoms with Crippen LogP contribution in [0.3, 0.4) is 0 Å². The third-order valence-electron chi connectivity index (χ3n) is 3.81. The van der Waals surface area contributed by atoms with E-state index in [0.717, 1.165) is 33.4 Å². The molecule has 0 atom stereocenters. The Morgan fingerprint density at radius 1 is 1.17 bits per heavy atom. The van der Waals surface area contributed by atoms with Gasteiger partial charge in [-0.25, -0.2) is 0 Å². The smallest absolute Gasteiger partial charge is 0.244 e. The summed E-state index contributed by atoms with van der Waals surface area (Å²) in [6, 6.07) is 13.3. The molecule has 0 saturated carbocycles. The van der Waals surface area contributed by atoms with E-state index in [1.165, 1.54) is 11.8 Å². The summed E-state index contributed by atoms with van der Waals surface area (Å²) in [4.78, 5) is 26.0. The fourth-order valence-corrected chi connectivity index (χ4v) is 3.02. The summed E-state index contributed by atoms with van der Waals surface area (Å²) in [5, 5.41) is 2.88. The highest BCUT2D eigenvalue weighted by atomic mass is 79.9. The number of carbonyl (C=O) groups excluding carboxylic acids is 2. The number of rotatable bonds is 5. The maximum Gasteiger partial charge on any atom is 0.244 e. The number of amides is 2. The molecule has 0 aromatic heterocycles. The van der Waals surface area contributed by atoms with Crippen molar-refractivity contribution in [1.82, 2.24) is 0 Å². The Balaban J connectivity index is 2.18. The summed E-state index contributed by atoms with van der Waals surface area (Å²) >= 11 is 3.40. The van der Waals surface area contributed by atoms with Crippen LogP contribution in [0.4, 0.5) is 11.4 Å². The number of nitrogens with zero attached hydrogens (tertiary/aromatic N) is 1. The van der Waals surface area contributed by atoms with E-state index in [1.54, 1.807) is 0 Å². The van der Waals surface area contributed by atoms with Gasteiger partial charge in [-0.2, -0.15) is 0 Å². The van der Waals surface area contributed by atoms with Gasteiger partial charge in [0.1, 0.15) is 6.54 Å². The molecule has 5 heteroatoms. The minimum atomic E-state index is -0.221. The molecule has 24 heavy (non-hydrogen) atoms. The zero-order chi connectivity index (χ0) is 17.7. The van der Waals surface area contributed by atoms with Gasteiger partial charge in [-0.15, -0.1) is 0 Å². The van der Waals surface area contributed by atoms with Gasteiger partial charge < -0.3 is 10.2 Å². The van der Waals surface area contributed by atoms with Crippen molar-refractivity contribution in [3.63, 3.8) is 0 Å². The van der Waals surface area contributed by atoms with E-state index in [1.807, 2.05) is 56.3 Å². The average molecular weight is 389 g/mol. The van der Waals surface area contributed by atoms with Crippen molar-refractivity contribution in [2.75, 3.05) is 16.8 Å². The van der Waals surface area contributed by atoms with Crippen LogP contribution in [0, 0.1) is 6.92 Å². The SMILES string of the molecule is CCc1ccccc1N(CC(=O)Nc1ccc(Br)cc1C)C(C)=O. The van der Waals surface area contributed by atoms with Gasteiger partial charge in [0, 0.05) is 22.8 Å². The number of anilines is 2. The summed E-state index contributed by atoms with van der Waals surface area (Å²) in [5.41, 5.74) is 3.53. The lowest BCUT2D eigenvalue weighted by Crippen LogP contribution is -2.37. The fraction of sp³-hybridized carbons (Fsp3) is 0.263. The van der Waals surface area contributed by atoms with Crippen LogP contribution >= 0.6 is 15.9 Å². The quantitative estimate of drug-likeness (QED) is 0.829. The average Bonchev–Trinajstić information content (AvgIpc) is 2.55. The van der Waals surface area contributed by atoms with E-state index in [9.17, 15) is 9.59 Å². The van der Waals surface area contributed by atoms with Crippen molar-refractivity contribution in [1.29, 1.82) is 0 Å². The number of benzene rings is 2. The molecule has 4 nitrogen and oxygen atoms in total. The second kappa shape index (κ2) is 8.11. The van der Waals surface area contributed by atoms with Gasteiger partial charge in [-0.1, -0.05) is 41.1 Å². The lowest BCUT2D eigenvalue weighted by Gasteiger charge is -2.23. The molecule has 0 aliphatic carbocycles. The molecule has 0 fully saturated rings. The van der Waals surface area contributed by atoms with Crippen molar-refractivity contribution in [2.24, 2.45) is 0 Å². The van der Waals surface area contributed by atoms with Crippen LogP contribution < -0.4 is 10.2 Å². The standard InChI is InChI=1S/C19H21BrN2O2/c1-4-15-7-5-6-8-18(15)22(14(3)23)12-19(24)21-17-10-9-16(20)11-13(17)2/h5-11H,4,12H2,1-3H3,(H,21,24). The Labute approximate surface area is 151 Å². The lowest BCUT2D eigenvalue weighted by molar-refractivity contribution is -0.120. The monoisotopic (exact) mass is 388 g/mol. The van der Waals surface area contributed by atoms with Gasteiger partial charge in [-0.05, 0) is 48.7 Å². The van der Waals surface area contributed by atoms with E-state index < -0.39 is 0 Å². The first kappa shape index (κ1) is 18.2. The predicted octanol–water partition coefficient (Wildman–Crippen LogP) is 4.31. The topological polar surface area (TPSA) is 49.4 Å². The largest absolute Gasteiger partial charge is 0.324 e. The van der Waals surface area contributed by atoms with E-state index in [-0.39, 0.29) is 18.4 Å². The Morgan fingerprint density at radius 2 is 1.88 bits per heavy atom. The Morgan fingerprint density at radius 3 is 2.50 bits per heavy atom. The molecule has 0 bridgehead atoms. The zero-order valence-electron chi connectivity index (χ0n) is 14.1. The first-order valence-corrected chi connectivity index (χ1v) is 8.63. The van der Waals surface area contributed by atoms with Gasteiger partial charge in [0.05, 0.1) is 0 Å². The van der Waals surface area contributed by atoms with E-state index in [4.69, 9.17) is 0 Å². The molecule has 2 aromatic carbocycles. The van der Waals surface area contributed by atoms with E-state index >= 15 is 0 Å². The minimum Gasteiger partial charge on any atom is -0.324 e. The Kier molecular flexibility index (Phi) is 6.15. The number of carbonyl (C=O) groups is 2. The molecule has 0 radical (unpaired) electrons. The third kappa shape index (κ3) is 4.45. The molecule has 0 unspecified atom stereocenters. The van der Waals surface area contributed by atoms with Crippen LogP contribution in [0.5, 0.6) is 0 Å². The number of aryl methyl sites for hydroxylation is 2. The molecular formula is C19H21BrN2O2. The highest BCUT2D eigenvalue weighted by Gasteiger charge is 2.18. The van der Waals surface area contributed by atoms with Gasteiger partial charge in [0.15, 0.2) is 0 Å². The molecule has 2 aromatic rings. The molecule has 1 N–H and O–H groups in total. The maximum absolute atomic E-state index is 12.4. The summed E-state index contributed by atoms with van der Waals surface area (Å²) in [6.07, 6.45) is 0.799. The van der Waals surface area contributed by atoms with Crippen LogP contribution in [0.25, 0.3) is 0 Å². The van der Waals surface area contributed by atoms with Gasteiger partial charge in [-0.3, -0.25) is 9.59 Å². The molecule has 126 valence electrons. The van der Waals surface area contributed by atoms with Crippen LogP contribution in [0.15, 0.2) is 46.9 Å². The van der Waals surface area contributed by atoms with E-state index in [0.29, 0.717) is 0 Å². The molecule has 0 spiro atoms. The van der Waals surface area contributed by atoms with Gasteiger partial charge in [0.2, 0.25) is 11.8 Å². The fourth-order valence-electron chi connectivity index (χ4n) is 2.54. The second-order valence-electron chi connectivity index (χ2n) is 5.59. The van der Waals surface area contributed by atoms with Crippen molar-refractivity contribution in [3.8, 4) is 0 Å². The molecule has 0 heterocycles. The zero-order valence-corrected chi connectivity index (χ0v) is 15.7. The number of para-hydroxylation sites is 1. The first-order chi connectivity index (χ1) is 11.4. The molecule has 0 aliphatic heterocycles. The van der Waals surface area contributed by atoms with Crippen LogP contribution in [-0.2, 0) is 16.0 Å². The number of halogens is 1. The van der Waals surface area contributed by atoms with Crippen LogP contribution in [0.2, 0.25) is 0 Å². The van der Waals surface area contributed by atoms with Crippen molar-refractivity contribution in [2.45, 2.75) is 27.2 Å². The second-order valence-corrected chi connectivity index (χ2v) is 6.51. The van der Waals surface area contributed by atoms with Crippen molar-refractivity contribution >= 4 is 39.1 Å².